The van der Waals surface area contributed by atoms with Gasteiger partial charge >= 0.3 is 0 Å². The van der Waals surface area contributed by atoms with Gasteiger partial charge in [-0.3, -0.25) is 14.5 Å². The van der Waals surface area contributed by atoms with Crippen molar-refractivity contribution in [1.29, 1.82) is 0 Å². The smallest absolute Gasteiger partial charge is 0.300 e. The maximum atomic E-state index is 13.2. The summed E-state index contributed by atoms with van der Waals surface area (Å²) in [5, 5.41) is 13.5. The highest BCUT2D eigenvalue weighted by molar-refractivity contribution is 7.10. The maximum absolute atomic E-state index is 13.2. The summed E-state index contributed by atoms with van der Waals surface area (Å²) in [4.78, 5) is 28.6. The molecule has 2 aromatic carbocycles. The second-order valence-corrected chi connectivity index (χ2v) is 8.51. The molecule has 4 rings (SSSR count). The number of para-hydroxylation sites is 1. The number of carbonyl (C=O) groups is 2. The van der Waals surface area contributed by atoms with Gasteiger partial charge in [0.15, 0.2) is 0 Å². The Morgan fingerprint density at radius 1 is 1.06 bits per heavy atom. The van der Waals surface area contributed by atoms with Gasteiger partial charge in [-0.15, -0.1) is 11.3 Å². The lowest BCUT2D eigenvalue weighted by atomic mass is 9.97. The van der Waals surface area contributed by atoms with Crippen molar-refractivity contribution in [3.63, 3.8) is 0 Å². The van der Waals surface area contributed by atoms with Crippen LogP contribution >= 0.6 is 22.9 Å². The zero-order valence-electron chi connectivity index (χ0n) is 17.6. The van der Waals surface area contributed by atoms with E-state index >= 15 is 0 Å². The molecule has 1 aromatic heterocycles. The van der Waals surface area contributed by atoms with Gasteiger partial charge in [-0.25, -0.2) is 0 Å². The Hall–Kier alpha value is -3.29. The summed E-state index contributed by atoms with van der Waals surface area (Å²) in [7, 11) is 2.90. The van der Waals surface area contributed by atoms with Gasteiger partial charge in [-0.1, -0.05) is 29.8 Å². The lowest BCUT2D eigenvalue weighted by molar-refractivity contribution is -0.132. The number of hydrogen-bond donors (Lipinski definition) is 1. The summed E-state index contributed by atoms with van der Waals surface area (Å²) in [6.07, 6.45) is 0. The number of ketones is 1. The Labute approximate surface area is 194 Å². The van der Waals surface area contributed by atoms with Crippen LogP contribution in [0.25, 0.3) is 5.76 Å². The minimum Gasteiger partial charge on any atom is -0.507 e. The molecule has 6 nitrogen and oxygen atoms in total. The summed E-state index contributed by atoms with van der Waals surface area (Å²) in [5.74, 6) is -1.24. The Balaban J connectivity index is 1.99. The highest BCUT2D eigenvalue weighted by atomic mass is 35.5. The van der Waals surface area contributed by atoms with E-state index in [1.165, 1.54) is 42.6 Å². The molecule has 0 saturated carbocycles. The van der Waals surface area contributed by atoms with E-state index in [0.717, 1.165) is 10.4 Å². The molecule has 1 fully saturated rings. The van der Waals surface area contributed by atoms with Crippen LogP contribution in [-0.2, 0) is 9.59 Å². The van der Waals surface area contributed by atoms with Crippen LogP contribution in [0.1, 0.15) is 22.0 Å². The molecule has 1 saturated heterocycles. The van der Waals surface area contributed by atoms with Gasteiger partial charge in [0.1, 0.15) is 23.3 Å². The summed E-state index contributed by atoms with van der Waals surface area (Å²) in [5.41, 5.74) is 1.65. The van der Waals surface area contributed by atoms with Crippen molar-refractivity contribution >= 4 is 46.1 Å². The molecule has 0 bridgehead atoms. The number of carbonyl (C=O) groups excluding carboxylic acids is 2. The molecule has 1 unspecified atom stereocenters. The molecule has 8 heteroatoms. The minimum atomic E-state index is -0.789. The molecule has 0 aliphatic carbocycles. The van der Waals surface area contributed by atoms with Crippen molar-refractivity contribution in [1.82, 2.24) is 0 Å². The second-order valence-electron chi connectivity index (χ2n) is 7.16. The molecule has 1 aliphatic heterocycles. The van der Waals surface area contributed by atoms with Crippen LogP contribution in [0.5, 0.6) is 11.5 Å². The van der Waals surface area contributed by atoms with Crippen LogP contribution in [0, 0.1) is 6.92 Å². The standard InChI is InChI=1S/C24H20ClNO5S/c1-13-9-10-32-23(13)20-19(22(28)24(29)26(20)14-7-5-4-6-8-14)21(27)15-11-16(25)18(31-3)12-17(15)30-2/h4-12,20,27H,1-3H3/b21-19+. The quantitative estimate of drug-likeness (QED) is 0.309. The first-order chi connectivity index (χ1) is 15.4. The molecule has 1 N–H and O–H groups in total. The number of thiophene rings is 1. The number of ether oxygens (including phenoxy) is 2. The Morgan fingerprint density at radius 3 is 2.34 bits per heavy atom. The predicted molar refractivity (Wildman–Crippen MR) is 125 cm³/mol. The average Bonchev–Trinajstić information content (AvgIpc) is 3.34. The molecule has 3 aromatic rings. The van der Waals surface area contributed by atoms with Gasteiger partial charge in [0.05, 0.1) is 30.4 Å². The molecule has 1 amide bonds. The van der Waals surface area contributed by atoms with Crippen LogP contribution in [0.3, 0.4) is 0 Å². The lowest BCUT2D eigenvalue weighted by Gasteiger charge is -2.25. The number of benzene rings is 2. The van der Waals surface area contributed by atoms with E-state index in [2.05, 4.69) is 0 Å². The van der Waals surface area contributed by atoms with Crippen molar-refractivity contribution in [3.8, 4) is 11.5 Å². The number of aliphatic hydroxyl groups excluding tert-OH is 1. The second kappa shape index (κ2) is 8.68. The largest absolute Gasteiger partial charge is 0.507 e. The van der Waals surface area contributed by atoms with Crippen molar-refractivity contribution in [3.05, 3.63) is 80.5 Å². The molecule has 1 aliphatic rings. The number of nitrogens with zero attached hydrogens (tertiary/aromatic N) is 1. The van der Waals surface area contributed by atoms with E-state index < -0.39 is 17.7 Å². The number of aryl methyl sites for hydroxylation is 1. The van der Waals surface area contributed by atoms with Crippen molar-refractivity contribution in [2.75, 3.05) is 19.1 Å². The van der Waals surface area contributed by atoms with Gasteiger partial charge < -0.3 is 14.6 Å². The third-order valence-corrected chi connectivity index (χ3v) is 6.72. The number of methoxy groups -OCH3 is 2. The van der Waals surface area contributed by atoms with E-state index in [-0.39, 0.29) is 27.7 Å². The molecule has 2 heterocycles. The van der Waals surface area contributed by atoms with Gasteiger partial charge in [-0.2, -0.15) is 0 Å². The molecule has 0 spiro atoms. The lowest BCUT2D eigenvalue weighted by Crippen LogP contribution is -2.29. The van der Waals surface area contributed by atoms with E-state index in [1.54, 1.807) is 24.3 Å². The van der Waals surface area contributed by atoms with Crippen molar-refractivity contribution < 1.29 is 24.2 Å². The zero-order valence-corrected chi connectivity index (χ0v) is 19.2. The molecule has 32 heavy (non-hydrogen) atoms. The fourth-order valence-corrected chi connectivity index (χ4v) is 5.06. The van der Waals surface area contributed by atoms with Gasteiger partial charge in [0.2, 0.25) is 0 Å². The van der Waals surface area contributed by atoms with Crippen LogP contribution in [-0.4, -0.2) is 31.0 Å². The highest BCUT2D eigenvalue weighted by Crippen LogP contribution is 2.46. The highest BCUT2D eigenvalue weighted by Gasteiger charge is 2.48. The Morgan fingerprint density at radius 2 is 1.75 bits per heavy atom. The topological polar surface area (TPSA) is 76.1 Å². The Kier molecular flexibility index (Phi) is 5.95. The number of aliphatic hydroxyl groups is 1. The van der Waals surface area contributed by atoms with Crippen LogP contribution < -0.4 is 14.4 Å². The minimum absolute atomic E-state index is 0.0241. The Bertz CT molecular complexity index is 1230. The van der Waals surface area contributed by atoms with Crippen molar-refractivity contribution in [2.45, 2.75) is 13.0 Å². The SMILES string of the molecule is COc1cc(OC)c(/C(O)=C2\C(=O)C(=O)N(c3ccccc3)C2c2sccc2C)cc1Cl. The third kappa shape index (κ3) is 3.53. The zero-order chi connectivity index (χ0) is 23.0. The molecular weight excluding hydrogens is 450 g/mol. The first kappa shape index (κ1) is 21.9. The maximum Gasteiger partial charge on any atom is 0.300 e. The van der Waals surface area contributed by atoms with Gasteiger partial charge in [0.25, 0.3) is 11.7 Å². The van der Waals surface area contributed by atoms with E-state index in [4.69, 9.17) is 21.1 Å². The van der Waals surface area contributed by atoms with E-state index in [9.17, 15) is 14.7 Å². The summed E-state index contributed by atoms with van der Waals surface area (Å²) >= 11 is 7.70. The third-order valence-electron chi connectivity index (χ3n) is 5.36. The van der Waals surface area contributed by atoms with E-state index in [0.29, 0.717) is 11.4 Å². The molecule has 164 valence electrons. The molecular formula is C24H20ClNO5S. The molecule has 1 atom stereocenters. The predicted octanol–water partition coefficient (Wildman–Crippen LogP) is 5.35. The van der Waals surface area contributed by atoms with Crippen molar-refractivity contribution in [2.24, 2.45) is 0 Å². The summed E-state index contributed by atoms with van der Waals surface area (Å²) < 4.78 is 10.6. The number of rotatable bonds is 5. The summed E-state index contributed by atoms with van der Waals surface area (Å²) in [6.45, 7) is 1.90. The van der Waals surface area contributed by atoms with Gasteiger partial charge in [-0.05, 0) is 42.1 Å². The van der Waals surface area contributed by atoms with E-state index in [1.807, 2.05) is 24.4 Å². The monoisotopic (exact) mass is 469 g/mol. The molecule has 0 radical (unpaired) electrons. The number of halogens is 1. The van der Waals surface area contributed by atoms with Crippen LogP contribution in [0.2, 0.25) is 5.02 Å². The van der Waals surface area contributed by atoms with Crippen LogP contribution in [0.15, 0.2) is 59.5 Å². The fraction of sp³-hybridized carbons (Fsp3) is 0.167. The number of hydrogen-bond acceptors (Lipinski definition) is 6. The van der Waals surface area contributed by atoms with Crippen LogP contribution in [0.4, 0.5) is 5.69 Å². The normalized spacial score (nSPS) is 17.6. The fourth-order valence-electron chi connectivity index (χ4n) is 3.79. The first-order valence-corrected chi connectivity index (χ1v) is 11.0. The van der Waals surface area contributed by atoms with Gasteiger partial charge in [0, 0.05) is 16.6 Å². The first-order valence-electron chi connectivity index (χ1n) is 9.71. The number of anilines is 1. The number of amides is 1. The average molecular weight is 470 g/mol. The summed E-state index contributed by atoms with van der Waals surface area (Å²) in [6, 6.07) is 13.0. The number of Topliss-reactive ketones (excluding diaryl/α,β-unsaturated/α-hetero) is 1.